The zero-order chi connectivity index (χ0) is 11.3. The van der Waals surface area contributed by atoms with Gasteiger partial charge in [-0.1, -0.05) is 6.92 Å². The van der Waals surface area contributed by atoms with Crippen LogP contribution in [0.25, 0.3) is 0 Å². The molecule has 1 rings (SSSR count). The Kier molecular flexibility index (Phi) is 5.09. The SMILES string of the molecule is CCC(=O)N(CC1CCCNC1)C(C)C. The third-order valence-electron chi connectivity index (χ3n) is 3.10. The molecular formula is C12H24N2O. The Bertz CT molecular complexity index is 198. The molecule has 3 heteroatoms. The predicted molar refractivity (Wildman–Crippen MR) is 62.7 cm³/mol. The zero-order valence-corrected chi connectivity index (χ0v) is 10.3. The van der Waals surface area contributed by atoms with E-state index >= 15 is 0 Å². The first kappa shape index (κ1) is 12.5. The minimum Gasteiger partial charge on any atom is -0.340 e. The van der Waals surface area contributed by atoms with Crippen LogP contribution in [0.15, 0.2) is 0 Å². The molecule has 1 fully saturated rings. The molecule has 88 valence electrons. The number of carbonyl (C=O) groups excluding carboxylic acids is 1. The molecule has 0 spiro atoms. The number of amides is 1. The summed E-state index contributed by atoms with van der Waals surface area (Å²) >= 11 is 0. The molecule has 1 atom stereocenters. The number of hydrogen-bond acceptors (Lipinski definition) is 2. The fourth-order valence-corrected chi connectivity index (χ4v) is 2.16. The van der Waals surface area contributed by atoms with E-state index in [0.29, 0.717) is 18.4 Å². The standard InChI is InChI=1S/C12H24N2O/c1-4-12(15)14(10(2)3)9-11-6-5-7-13-8-11/h10-11,13H,4-9H2,1-3H3. The first-order valence-electron chi connectivity index (χ1n) is 6.15. The quantitative estimate of drug-likeness (QED) is 0.768. The predicted octanol–water partition coefficient (Wildman–Crippen LogP) is 1.63. The normalized spacial score (nSPS) is 21.7. The third kappa shape index (κ3) is 3.82. The van der Waals surface area contributed by atoms with Crippen LogP contribution in [0, 0.1) is 5.92 Å². The molecule has 0 radical (unpaired) electrons. The lowest BCUT2D eigenvalue weighted by Crippen LogP contribution is -2.44. The number of carbonyl (C=O) groups is 1. The average molecular weight is 212 g/mol. The van der Waals surface area contributed by atoms with Crippen molar-refractivity contribution >= 4 is 5.91 Å². The van der Waals surface area contributed by atoms with Gasteiger partial charge in [-0.3, -0.25) is 4.79 Å². The second kappa shape index (κ2) is 6.11. The van der Waals surface area contributed by atoms with E-state index in [9.17, 15) is 4.79 Å². The van der Waals surface area contributed by atoms with Gasteiger partial charge in [0.15, 0.2) is 0 Å². The van der Waals surface area contributed by atoms with Crippen molar-refractivity contribution in [3.63, 3.8) is 0 Å². The molecule has 1 aliphatic heterocycles. The monoisotopic (exact) mass is 212 g/mol. The highest BCUT2D eigenvalue weighted by molar-refractivity contribution is 5.76. The van der Waals surface area contributed by atoms with E-state index in [1.165, 1.54) is 12.8 Å². The molecule has 0 aromatic rings. The van der Waals surface area contributed by atoms with Crippen LogP contribution in [-0.4, -0.2) is 36.5 Å². The Morgan fingerprint density at radius 1 is 1.53 bits per heavy atom. The highest BCUT2D eigenvalue weighted by Gasteiger charge is 2.21. The summed E-state index contributed by atoms with van der Waals surface area (Å²) in [5, 5.41) is 3.40. The topological polar surface area (TPSA) is 32.3 Å². The van der Waals surface area contributed by atoms with Gasteiger partial charge in [-0.15, -0.1) is 0 Å². The summed E-state index contributed by atoms with van der Waals surface area (Å²) in [5.41, 5.74) is 0. The summed E-state index contributed by atoms with van der Waals surface area (Å²) in [7, 11) is 0. The lowest BCUT2D eigenvalue weighted by molar-refractivity contribution is -0.133. The van der Waals surface area contributed by atoms with Gasteiger partial charge < -0.3 is 10.2 Å². The van der Waals surface area contributed by atoms with Crippen LogP contribution >= 0.6 is 0 Å². The molecule has 0 aromatic heterocycles. The summed E-state index contributed by atoms with van der Waals surface area (Å²) in [6.07, 6.45) is 3.13. The number of nitrogens with one attached hydrogen (secondary N) is 1. The second-order valence-electron chi connectivity index (χ2n) is 4.71. The molecular weight excluding hydrogens is 188 g/mol. The van der Waals surface area contributed by atoms with Gasteiger partial charge in [0.2, 0.25) is 5.91 Å². The number of rotatable bonds is 4. The van der Waals surface area contributed by atoms with Crippen LogP contribution in [0.1, 0.15) is 40.0 Å². The Morgan fingerprint density at radius 2 is 2.27 bits per heavy atom. The molecule has 1 aliphatic rings. The molecule has 1 amide bonds. The molecule has 1 saturated heterocycles. The van der Waals surface area contributed by atoms with Gasteiger partial charge in [0, 0.05) is 19.0 Å². The van der Waals surface area contributed by atoms with Crippen LogP contribution in [0.4, 0.5) is 0 Å². The third-order valence-corrected chi connectivity index (χ3v) is 3.10. The smallest absolute Gasteiger partial charge is 0.222 e. The summed E-state index contributed by atoms with van der Waals surface area (Å²) in [4.78, 5) is 13.8. The number of nitrogens with zero attached hydrogens (tertiary/aromatic N) is 1. The van der Waals surface area contributed by atoms with Crippen molar-refractivity contribution in [1.82, 2.24) is 10.2 Å². The summed E-state index contributed by atoms with van der Waals surface area (Å²) in [5.74, 6) is 0.937. The molecule has 0 saturated carbocycles. The van der Waals surface area contributed by atoms with Crippen molar-refractivity contribution in [1.29, 1.82) is 0 Å². The second-order valence-corrected chi connectivity index (χ2v) is 4.71. The Hall–Kier alpha value is -0.570. The van der Waals surface area contributed by atoms with Crippen LogP contribution in [-0.2, 0) is 4.79 Å². The van der Waals surface area contributed by atoms with E-state index in [2.05, 4.69) is 19.2 Å². The molecule has 3 nitrogen and oxygen atoms in total. The van der Waals surface area contributed by atoms with Crippen LogP contribution < -0.4 is 5.32 Å². The highest BCUT2D eigenvalue weighted by Crippen LogP contribution is 2.14. The Morgan fingerprint density at radius 3 is 2.73 bits per heavy atom. The van der Waals surface area contributed by atoms with E-state index in [1.54, 1.807) is 0 Å². The first-order valence-corrected chi connectivity index (χ1v) is 6.15. The van der Waals surface area contributed by atoms with Gasteiger partial charge in [0.1, 0.15) is 0 Å². The molecule has 1 heterocycles. The minimum absolute atomic E-state index is 0.288. The van der Waals surface area contributed by atoms with Crippen LogP contribution in [0.5, 0.6) is 0 Å². The Balaban J connectivity index is 2.46. The molecule has 1 N–H and O–H groups in total. The van der Waals surface area contributed by atoms with Gasteiger partial charge in [0.05, 0.1) is 0 Å². The molecule has 0 bridgehead atoms. The first-order chi connectivity index (χ1) is 7.15. The van der Waals surface area contributed by atoms with E-state index < -0.39 is 0 Å². The van der Waals surface area contributed by atoms with E-state index in [0.717, 1.165) is 19.6 Å². The van der Waals surface area contributed by atoms with Crippen molar-refractivity contribution in [2.24, 2.45) is 5.92 Å². The average Bonchev–Trinajstić information content (AvgIpc) is 2.26. The maximum absolute atomic E-state index is 11.7. The fourth-order valence-electron chi connectivity index (χ4n) is 2.16. The van der Waals surface area contributed by atoms with Gasteiger partial charge >= 0.3 is 0 Å². The van der Waals surface area contributed by atoms with Gasteiger partial charge in [-0.25, -0.2) is 0 Å². The van der Waals surface area contributed by atoms with Gasteiger partial charge in [0.25, 0.3) is 0 Å². The lowest BCUT2D eigenvalue weighted by atomic mass is 9.98. The van der Waals surface area contributed by atoms with Crippen molar-refractivity contribution in [2.75, 3.05) is 19.6 Å². The summed E-state index contributed by atoms with van der Waals surface area (Å²) in [6.45, 7) is 9.28. The summed E-state index contributed by atoms with van der Waals surface area (Å²) < 4.78 is 0. The van der Waals surface area contributed by atoms with Gasteiger partial charge in [-0.05, 0) is 45.7 Å². The van der Waals surface area contributed by atoms with Crippen molar-refractivity contribution < 1.29 is 4.79 Å². The minimum atomic E-state index is 0.288. The highest BCUT2D eigenvalue weighted by atomic mass is 16.2. The zero-order valence-electron chi connectivity index (χ0n) is 10.3. The maximum atomic E-state index is 11.7. The molecule has 1 unspecified atom stereocenters. The number of piperidine rings is 1. The van der Waals surface area contributed by atoms with Gasteiger partial charge in [-0.2, -0.15) is 0 Å². The lowest BCUT2D eigenvalue weighted by Gasteiger charge is -2.32. The molecule has 0 aliphatic carbocycles. The van der Waals surface area contributed by atoms with E-state index in [1.807, 2.05) is 11.8 Å². The number of hydrogen-bond donors (Lipinski definition) is 1. The van der Waals surface area contributed by atoms with Crippen molar-refractivity contribution in [3.05, 3.63) is 0 Å². The largest absolute Gasteiger partial charge is 0.340 e. The maximum Gasteiger partial charge on any atom is 0.222 e. The van der Waals surface area contributed by atoms with Crippen molar-refractivity contribution in [3.8, 4) is 0 Å². The van der Waals surface area contributed by atoms with E-state index in [-0.39, 0.29) is 5.91 Å². The van der Waals surface area contributed by atoms with E-state index in [4.69, 9.17) is 0 Å². The van der Waals surface area contributed by atoms with Crippen LogP contribution in [0.3, 0.4) is 0 Å². The Labute approximate surface area is 93.2 Å². The molecule has 15 heavy (non-hydrogen) atoms. The van der Waals surface area contributed by atoms with Crippen molar-refractivity contribution in [2.45, 2.75) is 46.1 Å². The van der Waals surface area contributed by atoms with Crippen LogP contribution in [0.2, 0.25) is 0 Å². The summed E-state index contributed by atoms with van der Waals surface area (Å²) in [6, 6.07) is 0.333. The molecule has 0 aromatic carbocycles. The fraction of sp³-hybridized carbons (Fsp3) is 0.917.